The molecule has 0 amide bonds. The molecular weight excluding hydrogens is 509 g/mol. The van der Waals surface area contributed by atoms with E-state index in [4.69, 9.17) is 0 Å². The summed E-state index contributed by atoms with van der Waals surface area (Å²) in [6.45, 7) is 0.114. The molecule has 194 valence electrons. The van der Waals surface area contributed by atoms with Crippen LogP contribution in [-0.4, -0.2) is 15.7 Å². The van der Waals surface area contributed by atoms with E-state index in [0.717, 1.165) is 0 Å². The van der Waals surface area contributed by atoms with Crippen LogP contribution >= 0.6 is 0 Å². The second-order valence-electron chi connectivity index (χ2n) is 11.4. The fourth-order valence-electron chi connectivity index (χ4n) is 7.66. The van der Waals surface area contributed by atoms with Crippen LogP contribution in [0.5, 0.6) is 0 Å². The fourth-order valence-corrected chi connectivity index (χ4v) is 7.66. The fraction of sp³-hybridized carbons (Fsp3) is 0. The monoisotopic (exact) mass is 533 g/mol. The van der Waals surface area contributed by atoms with Crippen LogP contribution in [0.15, 0.2) is 146 Å². The summed E-state index contributed by atoms with van der Waals surface area (Å²) >= 11 is 0. The van der Waals surface area contributed by atoms with E-state index in [2.05, 4.69) is 159 Å². The third kappa shape index (κ3) is 2.72. The quantitative estimate of drug-likeness (QED) is 0.212. The maximum Gasteiger partial charge on any atom is 0.255 e. The van der Waals surface area contributed by atoms with Gasteiger partial charge in [-0.25, -0.2) is 0 Å². The summed E-state index contributed by atoms with van der Waals surface area (Å²) < 4.78 is 5.02. The van der Waals surface area contributed by atoms with Crippen molar-refractivity contribution in [2.24, 2.45) is 0 Å². The number of hydrogen-bond acceptors (Lipinski definition) is 1. The summed E-state index contributed by atoms with van der Waals surface area (Å²) in [6, 6.07) is 53.3. The Kier molecular flexibility index (Phi) is 4.26. The molecule has 0 bridgehead atoms. The molecule has 3 nitrogen and oxygen atoms in total. The van der Waals surface area contributed by atoms with Gasteiger partial charge in [0, 0.05) is 22.7 Å². The molecule has 4 heteroatoms. The van der Waals surface area contributed by atoms with Crippen molar-refractivity contribution >= 4 is 67.7 Å². The van der Waals surface area contributed by atoms with Crippen molar-refractivity contribution in [1.29, 1.82) is 0 Å². The normalized spacial score (nSPS) is 13.1. The summed E-state index contributed by atoms with van der Waals surface area (Å²) in [5.41, 5.74) is 16.5. The van der Waals surface area contributed by atoms with E-state index in [1.807, 2.05) is 0 Å². The molecule has 6 aromatic carbocycles. The van der Waals surface area contributed by atoms with Gasteiger partial charge in [-0.15, -0.1) is 0 Å². The molecule has 0 atom stereocenters. The number of rotatable bonds is 2. The standard InChI is InChI=1S/C38H24BN3/c1-3-13-25(14-4-1)26-23-34-37-35(24-26)42-33-22-12-11-21-32(33)41-30-19-9-7-17-28(30)36(38(41)42)39(37)29-18-8-10-20-31(29)40(34)27-15-5-2-6-16-27/h1-24H. The van der Waals surface area contributed by atoms with Crippen LogP contribution in [-0.2, 0) is 0 Å². The molecule has 4 heterocycles. The first-order valence-corrected chi connectivity index (χ1v) is 14.6. The molecule has 8 aromatic rings. The first-order valence-electron chi connectivity index (χ1n) is 14.6. The van der Waals surface area contributed by atoms with Crippen LogP contribution in [0.2, 0.25) is 0 Å². The Bertz CT molecular complexity index is 2370. The van der Waals surface area contributed by atoms with Gasteiger partial charge < -0.3 is 4.90 Å². The Balaban J connectivity index is 1.45. The number of para-hydroxylation sites is 5. The molecule has 0 unspecified atom stereocenters. The highest BCUT2D eigenvalue weighted by molar-refractivity contribution is 7.01. The second kappa shape index (κ2) is 8.05. The zero-order valence-electron chi connectivity index (χ0n) is 22.8. The minimum absolute atomic E-state index is 0.114. The van der Waals surface area contributed by atoms with Crippen molar-refractivity contribution in [3.05, 3.63) is 146 Å². The van der Waals surface area contributed by atoms with Crippen LogP contribution in [0.25, 0.3) is 44.4 Å². The lowest BCUT2D eigenvalue weighted by Gasteiger charge is -2.40. The van der Waals surface area contributed by atoms with E-state index in [9.17, 15) is 0 Å². The highest BCUT2D eigenvalue weighted by atomic mass is 15.2. The molecular formula is C38H24BN3. The van der Waals surface area contributed by atoms with Crippen molar-refractivity contribution < 1.29 is 0 Å². The molecule has 0 radical (unpaired) electrons. The minimum atomic E-state index is 0.114. The Morgan fingerprint density at radius 2 is 1.10 bits per heavy atom. The molecule has 0 spiro atoms. The van der Waals surface area contributed by atoms with Gasteiger partial charge in [0.25, 0.3) is 6.71 Å². The Hall–Kier alpha value is -5.48. The lowest BCUT2D eigenvalue weighted by atomic mass is 9.34. The van der Waals surface area contributed by atoms with Gasteiger partial charge in [-0.05, 0) is 81.4 Å². The number of anilines is 3. The molecule has 10 rings (SSSR count). The largest absolute Gasteiger partial charge is 0.311 e. The molecule has 2 aliphatic heterocycles. The van der Waals surface area contributed by atoms with E-state index in [0.29, 0.717) is 0 Å². The van der Waals surface area contributed by atoms with Gasteiger partial charge >= 0.3 is 0 Å². The SMILES string of the molecule is c1ccc(-c2cc3c4c(c2)-n2c5ccccc5n5c6ccccc6c(c25)B4c2ccccc2N3c2ccccc2)cc1. The molecule has 2 aromatic heterocycles. The van der Waals surface area contributed by atoms with E-state index in [1.54, 1.807) is 0 Å². The molecule has 0 fully saturated rings. The topological polar surface area (TPSA) is 12.6 Å². The van der Waals surface area contributed by atoms with Crippen molar-refractivity contribution in [2.45, 2.75) is 0 Å². The van der Waals surface area contributed by atoms with Crippen LogP contribution < -0.4 is 21.3 Å². The number of benzene rings is 6. The summed E-state index contributed by atoms with van der Waals surface area (Å²) in [6.07, 6.45) is 0. The smallest absolute Gasteiger partial charge is 0.255 e. The highest BCUT2D eigenvalue weighted by Gasteiger charge is 2.44. The third-order valence-electron chi connectivity index (χ3n) is 9.27. The molecule has 0 saturated heterocycles. The summed E-state index contributed by atoms with van der Waals surface area (Å²) in [5, 5.41) is 1.32. The van der Waals surface area contributed by atoms with E-state index in [-0.39, 0.29) is 6.71 Å². The number of fused-ring (bicyclic) bond motifs is 10. The maximum atomic E-state index is 2.53. The van der Waals surface area contributed by atoms with Gasteiger partial charge in [-0.3, -0.25) is 8.97 Å². The number of hydrogen-bond donors (Lipinski definition) is 0. The number of imidazole rings is 1. The maximum absolute atomic E-state index is 2.53. The lowest BCUT2D eigenvalue weighted by Crippen LogP contribution is -2.60. The molecule has 0 saturated carbocycles. The van der Waals surface area contributed by atoms with E-state index < -0.39 is 0 Å². The first kappa shape index (κ1) is 22.2. The highest BCUT2D eigenvalue weighted by Crippen LogP contribution is 2.43. The Morgan fingerprint density at radius 1 is 0.452 bits per heavy atom. The first-order chi connectivity index (χ1) is 20.9. The van der Waals surface area contributed by atoms with Crippen molar-refractivity contribution in [3.8, 4) is 16.8 Å². The van der Waals surface area contributed by atoms with Gasteiger partial charge in [-0.1, -0.05) is 97.1 Å². The molecule has 0 N–H and O–H groups in total. The number of aromatic nitrogens is 2. The summed E-state index contributed by atoms with van der Waals surface area (Å²) in [7, 11) is 0. The molecule has 2 aliphatic rings. The average Bonchev–Trinajstić information content (AvgIpc) is 3.58. The second-order valence-corrected chi connectivity index (χ2v) is 11.4. The van der Waals surface area contributed by atoms with Crippen LogP contribution in [0.4, 0.5) is 17.1 Å². The average molecular weight is 533 g/mol. The van der Waals surface area contributed by atoms with Gasteiger partial charge in [-0.2, -0.15) is 0 Å². The summed E-state index contributed by atoms with van der Waals surface area (Å²) in [4.78, 5) is 2.48. The minimum Gasteiger partial charge on any atom is -0.311 e. The van der Waals surface area contributed by atoms with Crippen molar-refractivity contribution in [3.63, 3.8) is 0 Å². The predicted molar refractivity (Wildman–Crippen MR) is 177 cm³/mol. The number of nitrogens with zero attached hydrogens (tertiary/aromatic N) is 3. The van der Waals surface area contributed by atoms with E-state index in [1.165, 1.54) is 77.8 Å². The Labute approximate surface area is 243 Å². The zero-order valence-corrected chi connectivity index (χ0v) is 22.8. The lowest BCUT2D eigenvalue weighted by molar-refractivity contribution is 1.15. The van der Waals surface area contributed by atoms with Crippen LogP contribution in [0.3, 0.4) is 0 Å². The van der Waals surface area contributed by atoms with Gasteiger partial charge in [0.05, 0.1) is 16.6 Å². The predicted octanol–water partition coefficient (Wildman–Crippen LogP) is 7.32. The van der Waals surface area contributed by atoms with Gasteiger partial charge in [0.2, 0.25) is 0 Å². The van der Waals surface area contributed by atoms with Crippen LogP contribution in [0, 0.1) is 0 Å². The molecule has 42 heavy (non-hydrogen) atoms. The van der Waals surface area contributed by atoms with Crippen molar-refractivity contribution in [2.75, 3.05) is 4.90 Å². The van der Waals surface area contributed by atoms with Gasteiger partial charge in [0.1, 0.15) is 5.65 Å². The van der Waals surface area contributed by atoms with Crippen molar-refractivity contribution in [1.82, 2.24) is 8.97 Å². The van der Waals surface area contributed by atoms with Crippen LogP contribution in [0.1, 0.15) is 0 Å². The van der Waals surface area contributed by atoms with Gasteiger partial charge in [0.15, 0.2) is 0 Å². The third-order valence-corrected chi connectivity index (χ3v) is 9.27. The molecule has 0 aliphatic carbocycles. The summed E-state index contributed by atoms with van der Waals surface area (Å²) in [5.74, 6) is 0. The zero-order chi connectivity index (χ0) is 27.4. The van der Waals surface area contributed by atoms with E-state index >= 15 is 0 Å². The Morgan fingerprint density at radius 3 is 1.93 bits per heavy atom.